The van der Waals surface area contributed by atoms with E-state index in [1.165, 1.54) is 0 Å². The van der Waals surface area contributed by atoms with Crippen molar-refractivity contribution in [3.8, 4) is 0 Å². The summed E-state index contributed by atoms with van der Waals surface area (Å²) in [5.41, 5.74) is 5.30. The van der Waals surface area contributed by atoms with Gasteiger partial charge in [0.1, 0.15) is 0 Å². The summed E-state index contributed by atoms with van der Waals surface area (Å²) in [5.74, 6) is 0.0706. The molecule has 0 spiro atoms. The number of carbonyl (C=O) groups excluding carboxylic acids is 1. The first-order chi connectivity index (χ1) is 6.13. The summed E-state index contributed by atoms with van der Waals surface area (Å²) in [6.07, 6.45) is 0.840. The highest BCUT2D eigenvalue weighted by molar-refractivity contribution is 5.76. The van der Waals surface area contributed by atoms with Gasteiger partial charge in [-0.2, -0.15) is 0 Å². The van der Waals surface area contributed by atoms with Gasteiger partial charge in [0.05, 0.1) is 0 Å². The predicted octanol–water partition coefficient (Wildman–Crippen LogP) is -1.12. The molecule has 1 aliphatic heterocycles. The van der Waals surface area contributed by atoms with E-state index >= 15 is 0 Å². The summed E-state index contributed by atoms with van der Waals surface area (Å²) in [4.78, 5) is 12.7. The Bertz CT molecular complexity index is 217. The average Bonchev–Trinajstić information content (AvgIpc) is 2.52. The predicted molar refractivity (Wildman–Crippen MR) is 49.5 cm³/mol. The minimum Gasteiger partial charge on any atom is -0.370 e. The monoisotopic (exact) mass is 185 g/mol. The molecule has 1 aliphatic rings. The zero-order valence-corrected chi connectivity index (χ0v) is 7.63. The van der Waals surface area contributed by atoms with Gasteiger partial charge in [0, 0.05) is 26.2 Å². The number of guanidine groups is 1. The summed E-state index contributed by atoms with van der Waals surface area (Å²) < 4.78 is 0. The van der Waals surface area contributed by atoms with Crippen LogP contribution in [0.5, 0.6) is 0 Å². The number of hydrogen-bond donors (Lipinski definition) is 4. The second-order valence-electron chi connectivity index (χ2n) is 3.04. The lowest BCUT2D eigenvalue weighted by Crippen LogP contribution is -2.43. The molecule has 0 radical (unpaired) electrons. The second-order valence-corrected chi connectivity index (χ2v) is 3.04. The average molecular weight is 185 g/mol. The number of urea groups is 1. The molecule has 1 fully saturated rings. The van der Waals surface area contributed by atoms with Crippen LogP contribution in [0.4, 0.5) is 4.79 Å². The van der Waals surface area contributed by atoms with Crippen LogP contribution in [0.25, 0.3) is 0 Å². The molecule has 0 unspecified atom stereocenters. The minimum absolute atomic E-state index is 0.0706. The highest BCUT2D eigenvalue weighted by Gasteiger charge is 2.23. The fourth-order valence-electron chi connectivity index (χ4n) is 1.35. The number of carbonyl (C=O) groups is 1. The molecule has 1 rings (SSSR count). The number of rotatable bonds is 1. The van der Waals surface area contributed by atoms with Crippen molar-refractivity contribution < 1.29 is 4.79 Å². The zero-order valence-electron chi connectivity index (χ0n) is 7.63. The van der Waals surface area contributed by atoms with Crippen molar-refractivity contribution >= 4 is 12.0 Å². The topological polar surface area (TPSA) is 94.2 Å². The van der Waals surface area contributed by atoms with E-state index in [0.717, 1.165) is 13.0 Å². The summed E-state index contributed by atoms with van der Waals surface area (Å²) in [7, 11) is 1.58. The molecule has 0 aliphatic carbocycles. The molecular weight excluding hydrogens is 170 g/mol. The molecule has 5 N–H and O–H groups in total. The Morgan fingerprint density at radius 1 is 1.69 bits per heavy atom. The smallest absolute Gasteiger partial charge is 0.314 e. The number of nitrogens with one attached hydrogen (secondary N) is 3. The van der Waals surface area contributed by atoms with Crippen molar-refractivity contribution in [1.29, 1.82) is 5.41 Å². The third-order valence-corrected chi connectivity index (χ3v) is 2.09. The Kier molecular flexibility index (Phi) is 2.94. The molecule has 13 heavy (non-hydrogen) atoms. The third-order valence-electron chi connectivity index (χ3n) is 2.09. The Labute approximate surface area is 77.0 Å². The molecular formula is C7H15N5O. The van der Waals surface area contributed by atoms with E-state index in [2.05, 4.69) is 10.6 Å². The lowest BCUT2D eigenvalue weighted by atomic mass is 10.3. The van der Waals surface area contributed by atoms with Gasteiger partial charge in [0.25, 0.3) is 0 Å². The molecule has 1 saturated heterocycles. The standard InChI is InChI=1S/C7H15N5O/c1-10-7(13)11-5-2-3-12(4-5)6(8)9/h5H,2-4H2,1H3,(H3,8,9)(H2,10,11,13)/t5-/m1/s1. The van der Waals surface area contributed by atoms with Gasteiger partial charge in [-0.25, -0.2) is 4.79 Å². The quantitative estimate of drug-likeness (QED) is 0.308. The van der Waals surface area contributed by atoms with Crippen LogP contribution in [0.15, 0.2) is 0 Å². The molecule has 0 bridgehead atoms. The molecule has 74 valence electrons. The summed E-state index contributed by atoms with van der Waals surface area (Å²) in [6.45, 7) is 1.37. The number of nitrogens with two attached hydrogens (primary N) is 1. The Morgan fingerprint density at radius 2 is 2.38 bits per heavy atom. The molecule has 0 aromatic carbocycles. The maximum atomic E-state index is 10.9. The Morgan fingerprint density at radius 3 is 2.85 bits per heavy atom. The first kappa shape index (κ1) is 9.63. The molecule has 6 heteroatoms. The van der Waals surface area contributed by atoms with Gasteiger partial charge in [0.2, 0.25) is 0 Å². The van der Waals surface area contributed by atoms with E-state index in [4.69, 9.17) is 11.1 Å². The van der Waals surface area contributed by atoms with E-state index in [-0.39, 0.29) is 18.0 Å². The lowest BCUT2D eigenvalue weighted by Gasteiger charge is -2.16. The maximum absolute atomic E-state index is 10.9. The van der Waals surface area contributed by atoms with E-state index in [9.17, 15) is 4.79 Å². The third kappa shape index (κ3) is 2.50. The maximum Gasteiger partial charge on any atom is 0.314 e. The molecule has 0 aromatic rings. The van der Waals surface area contributed by atoms with Gasteiger partial charge in [-0.3, -0.25) is 5.41 Å². The van der Waals surface area contributed by atoms with Crippen molar-refractivity contribution in [2.24, 2.45) is 5.73 Å². The molecule has 2 amide bonds. The van der Waals surface area contributed by atoms with Crippen molar-refractivity contribution in [1.82, 2.24) is 15.5 Å². The van der Waals surface area contributed by atoms with Crippen molar-refractivity contribution in [3.05, 3.63) is 0 Å². The lowest BCUT2D eigenvalue weighted by molar-refractivity contribution is 0.239. The van der Waals surface area contributed by atoms with Crippen molar-refractivity contribution in [2.45, 2.75) is 12.5 Å². The molecule has 0 aromatic heterocycles. The van der Waals surface area contributed by atoms with Crippen LogP contribution in [-0.4, -0.2) is 43.1 Å². The first-order valence-corrected chi connectivity index (χ1v) is 4.20. The van der Waals surface area contributed by atoms with Crippen LogP contribution in [0.1, 0.15) is 6.42 Å². The van der Waals surface area contributed by atoms with Crippen LogP contribution in [-0.2, 0) is 0 Å². The van der Waals surface area contributed by atoms with Gasteiger partial charge in [0.15, 0.2) is 5.96 Å². The van der Waals surface area contributed by atoms with E-state index in [1.807, 2.05) is 0 Å². The summed E-state index contributed by atoms with van der Waals surface area (Å²) >= 11 is 0. The molecule has 1 atom stereocenters. The summed E-state index contributed by atoms with van der Waals surface area (Å²) in [5, 5.41) is 12.4. The normalized spacial score (nSPS) is 21.3. The van der Waals surface area contributed by atoms with Gasteiger partial charge in [-0.05, 0) is 6.42 Å². The fraction of sp³-hybridized carbons (Fsp3) is 0.714. The van der Waals surface area contributed by atoms with E-state index in [1.54, 1.807) is 11.9 Å². The second kappa shape index (κ2) is 3.97. The SMILES string of the molecule is CNC(=O)N[C@@H]1CCN(C(=N)N)C1. The van der Waals surface area contributed by atoms with Crippen LogP contribution in [0, 0.1) is 5.41 Å². The van der Waals surface area contributed by atoms with E-state index in [0.29, 0.717) is 6.54 Å². The van der Waals surface area contributed by atoms with E-state index < -0.39 is 0 Å². The van der Waals surface area contributed by atoms with Crippen molar-refractivity contribution in [3.63, 3.8) is 0 Å². The number of hydrogen-bond acceptors (Lipinski definition) is 2. The highest BCUT2D eigenvalue weighted by Crippen LogP contribution is 2.07. The van der Waals surface area contributed by atoms with Crippen molar-refractivity contribution in [2.75, 3.05) is 20.1 Å². The number of nitrogens with zero attached hydrogens (tertiary/aromatic N) is 1. The molecule has 0 saturated carbocycles. The minimum atomic E-state index is -0.185. The van der Waals surface area contributed by atoms with Gasteiger partial charge in [-0.1, -0.05) is 0 Å². The zero-order chi connectivity index (χ0) is 9.84. The molecule has 6 nitrogen and oxygen atoms in total. The fourth-order valence-corrected chi connectivity index (χ4v) is 1.35. The molecule has 1 heterocycles. The van der Waals surface area contributed by atoms with Crippen LogP contribution < -0.4 is 16.4 Å². The summed E-state index contributed by atoms with van der Waals surface area (Å²) in [6, 6.07) is -0.0840. The van der Waals surface area contributed by atoms with Crippen LogP contribution in [0.3, 0.4) is 0 Å². The largest absolute Gasteiger partial charge is 0.370 e. The number of amides is 2. The Hall–Kier alpha value is -1.46. The highest BCUT2D eigenvalue weighted by atomic mass is 16.2. The van der Waals surface area contributed by atoms with Gasteiger partial charge < -0.3 is 21.3 Å². The van der Waals surface area contributed by atoms with Gasteiger partial charge >= 0.3 is 6.03 Å². The van der Waals surface area contributed by atoms with Crippen LogP contribution in [0.2, 0.25) is 0 Å². The van der Waals surface area contributed by atoms with Crippen LogP contribution >= 0.6 is 0 Å². The first-order valence-electron chi connectivity index (χ1n) is 4.20. The Balaban J connectivity index is 2.33. The van der Waals surface area contributed by atoms with Gasteiger partial charge in [-0.15, -0.1) is 0 Å². The number of likely N-dealkylation sites (tertiary alicyclic amines) is 1.